The summed E-state index contributed by atoms with van der Waals surface area (Å²) in [5, 5.41) is 15.0. The van der Waals surface area contributed by atoms with Gasteiger partial charge >= 0.3 is 5.97 Å². The van der Waals surface area contributed by atoms with Gasteiger partial charge in [0.05, 0.1) is 6.07 Å². The Labute approximate surface area is 134 Å². The Morgan fingerprint density at radius 3 is 2.83 bits per heavy atom. The van der Waals surface area contributed by atoms with Gasteiger partial charge in [0.2, 0.25) is 11.8 Å². The molecule has 120 valence electrons. The summed E-state index contributed by atoms with van der Waals surface area (Å²) >= 11 is 1.33. The highest BCUT2D eigenvalue weighted by molar-refractivity contribution is 7.15. The molecule has 3 rings (SSSR count). The lowest BCUT2D eigenvalue weighted by molar-refractivity contribution is 0.0688. The molecular formula is C14H14N4O4S. The summed E-state index contributed by atoms with van der Waals surface area (Å²) in [4.78, 5) is 28.2. The van der Waals surface area contributed by atoms with Gasteiger partial charge in [-0.25, -0.2) is 9.48 Å². The molecule has 0 amide bonds. The van der Waals surface area contributed by atoms with Crippen molar-refractivity contribution in [2.75, 3.05) is 0 Å². The van der Waals surface area contributed by atoms with E-state index in [1.807, 2.05) is 19.2 Å². The van der Waals surface area contributed by atoms with Gasteiger partial charge in [-0.1, -0.05) is 0 Å². The lowest BCUT2D eigenvalue weighted by atomic mass is 10.3. The Kier molecular flexibility index (Phi) is 3.64. The van der Waals surface area contributed by atoms with Crippen molar-refractivity contribution in [1.82, 2.24) is 19.2 Å². The number of hydrogen-bond donors (Lipinski definition) is 1. The van der Waals surface area contributed by atoms with Gasteiger partial charge in [-0.2, -0.15) is 10.1 Å². The molecular weight excluding hydrogens is 320 g/mol. The molecule has 9 heteroatoms. The fraction of sp³-hybridized carbons (Fsp3) is 0.286. The van der Waals surface area contributed by atoms with Gasteiger partial charge in [-0.3, -0.25) is 9.20 Å². The van der Waals surface area contributed by atoms with Crippen LogP contribution in [0.1, 0.15) is 28.7 Å². The summed E-state index contributed by atoms with van der Waals surface area (Å²) < 4.78 is 8.60. The number of aromatic nitrogens is 4. The Morgan fingerprint density at radius 1 is 1.43 bits per heavy atom. The molecule has 0 aliphatic rings. The van der Waals surface area contributed by atoms with Gasteiger partial charge in [0.25, 0.3) is 5.56 Å². The second-order valence-corrected chi connectivity index (χ2v) is 5.77. The quantitative estimate of drug-likeness (QED) is 0.784. The number of carboxylic acid groups (broad SMARTS) is 1. The lowest BCUT2D eigenvalue weighted by Crippen LogP contribution is -2.14. The van der Waals surface area contributed by atoms with E-state index in [9.17, 15) is 9.59 Å². The van der Waals surface area contributed by atoms with Crippen LogP contribution in [0.5, 0.6) is 11.8 Å². The number of carbonyl (C=O) groups is 1. The first-order chi connectivity index (χ1) is 10.9. The number of thiazole rings is 1. The second-order valence-electron chi connectivity index (χ2n) is 4.93. The first-order valence-corrected chi connectivity index (χ1v) is 7.76. The molecule has 0 aromatic carbocycles. The monoisotopic (exact) mass is 334 g/mol. The molecule has 3 heterocycles. The van der Waals surface area contributed by atoms with E-state index in [0.29, 0.717) is 17.1 Å². The zero-order valence-electron chi connectivity index (χ0n) is 12.7. The molecule has 0 unspecified atom stereocenters. The number of rotatable bonds is 4. The van der Waals surface area contributed by atoms with Gasteiger partial charge in [0.15, 0.2) is 10.7 Å². The molecule has 0 saturated carbocycles. The van der Waals surface area contributed by atoms with Crippen LogP contribution in [0.15, 0.2) is 16.2 Å². The van der Waals surface area contributed by atoms with E-state index in [1.165, 1.54) is 26.5 Å². The summed E-state index contributed by atoms with van der Waals surface area (Å²) in [6.07, 6.45) is 0. The highest BCUT2D eigenvalue weighted by atomic mass is 32.1. The second kappa shape index (κ2) is 5.51. The summed E-state index contributed by atoms with van der Waals surface area (Å²) in [5.41, 5.74) is 0.870. The van der Waals surface area contributed by atoms with Crippen LogP contribution in [0.25, 0.3) is 4.96 Å². The van der Waals surface area contributed by atoms with Crippen LogP contribution in [0, 0.1) is 13.8 Å². The maximum Gasteiger partial charge on any atom is 0.356 e. The van der Waals surface area contributed by atoms with Crippen molar-refractivity contribution in [3.05, 3.63) is 38.8 Å². The van der Waals surface area contributed by atoms with Crippen molar-refractivity contribution in [2.45, 2.75) is 27.3 Å². The smallest absolute Gasteiger partial charge is 0.356 e. The number of aryl methyl sites for hydroxylation is 2. The van der Waals surface area contributed by atoms with E-state index >= 15 is 0 Å². The first-order valence-electron chi connectivity index (χ1n) is 6.88. The van der Waals surface area contributed by atoms with Crippen LogP contribution in [0.2, 0.25) is 0 Å². The van der Waals surface area contributed by atoms with E-state index in [1.54, 1.807) is 6.92 Å². The summed E-state index contributed by atoms with van der Waals surface area (Å²) in [6, 6.07) is 1.28. The zero-order chi connectivity index (χ0) is 16.7. The van der Waals surface area contributed by atoms with E-state index in [2.05, 4.69) is 10.1 Å². The highest BCUT2D eigenvalue weighted by Gasteiger charge is 2.21. The van der Waals surface area contributed by atoms with Gasteiger partial charge in [-0.05, 0) is 20.8 Å². The molecule has 3 aromatic rings. The van der Waals surface area contributed by atoms with Crippen LogP contribution < -0.4 is 10.3 Å². The SMILES string of the molecule is CCn1nc(C(=O)O)c(C)c1Oc1cc(=O)n2c(C)csc2n1. The van der Waals surface area contributed by atoms with Crippen molar-refractivity contribution in [1.29, 1.82) is 0 Å². The maximum absolute atomic E-state index is 12.2. The van der Waals surface area contributed by atoms with Gasteiger partial charge in [-0.15, -0.1) is 11.3 Å². The average Bonchev–Trinajstić information content (AvgIpc) is 3.01. The minimum absolute atomic E-state index is 0.0772. The predicted octanol–water partition coefficient (Wildman–Crippen LogP) is 2.08. The molecule has 0 saturated heterocycles. The molecule has 23 heavy (non-hydrogen) atoms. The van der Waals surface area contributed by atoms with Crippen molar-refractivity contribution >= 4 is 22.3 Å². The highest BCUT2D eigenvalue weighted by Crippen LogP contribution is 2.26. The standard InChI is InChI=1S/C14H14N4O4S/c1-4-17-12(8(3)11(16-17)13(20)21)22-9-5-10(19)18-7(2)6-23-14(18)15-9/h5-6H,4H2,1-3H3,(H,20,21). The summed E-state index contributed by atoms with van der Waals surface area (Å²) in [7, 11) is 0. The molecule has 3 aromatic heterocycles. The van der Waals surface area contributed by atoms with E-state index in [-0.39, 0.29) is 23.0 Å². The normalized spacial score (nSPS) is 11.1. The predicted molar refractivity (Wildman–Crippen MR) is 83.7 cm³/mol. The van der Waals surface area contributed by atoms with Crippen molar-refractivity contribution in [3.63, 3.8) is 0 Å². The number of aromatic carboxylic acids is 1. The summed E-state index contributed by atoms with van der Waals surface area (Å²) in [6.45, 7) is 5.68. The number of carboxylic acids is 1. The summed E-state index contributed by atoms with van der Waals surface area (Å²) in [5.74, 6) is -0.738. The van der Waals surface area contributed by atoms with Crippen molar-refractivity contribution in [2.24, 2.45) is 0 Å². The molecule has 0 aliphatic heterocycles. The fourth-order valence-corrected chi connectivity index (χ4v) is 3.13. The van der Waals surface area contributed by atoms with Crippen molar-refractivity contribution in [3.8, 4) is 11.8 Å². The molecule has 0 atom stereocenters. The van der Waals surface area contributed by atoms with Crippen LogP contribution in [-0.4, -0.2) is 30.2 Å². The Bertz CT molecular complexity index is 969. The van der Waals surface area contributed by atoms with E-state index in [4.69, 9.17) is 9.84 Å². The third-order valence-electron chi connectivity index (χ3n) is 3.39. The fourth-order valence-electron chi connectivity index (χ4n) is 2.27. The molecule has 0 aliphatic carbocycles. The minimum atomic E-state index is -1.13. The third kappa shape index (κ3) is 2.48. The lowest BCUT2D eigenvalue weighted by Gasteiger charge is -2.07. The van der Waals surface area contributed by atoms with E-state index in [0.717, 1.165) is 5.69 Å². The average molecular weight is 334 g/mol. The number of ether oxygens (including phenoxy) is 1. The first kappa shape index (κ1) is 15.2. The Hall–Kier alpha value is -2.68. The van der Waals surface area contributed by atoms with Gasteiger partial charge in [0, 0.05) is 23.2 Å². The minimum Gasteiger partial charge on any atom is -0.476 e. The third-order valence-corrected chi connectivity index (χ3v) is 4.33. The largest absolute Gasteiger partial charge is 0.476 e. The van der Waals surface area contributed by atoms with E-state index < -0.39 is 5.97 Å². The van der Waals surface area contributed by atoms with Gasteiger partial charge < -0.3 is 9.84 Å². The van der Waals surface area contributed by atoms with Crippen LogP contribution in [0.3, 0.4) is 0 Å². The molecule has 0 bridgehead atoms. The van der Waals surface area contributed by atoms with Crippen LogP contribution in [-0.2, 0) is 6.54 Å². The Balaban J connectivity index is 2.09. The number of fused-ring (bicyclic) bond motifs is 1. The molecule has 0 spiro atoms. The zero-order valence-corrected chi connectivity index (χ0v) is 13.5. The number of hydrogen-bond acceptors (Lipinski definition) is 6. The molecule has 8 nitrogen and oxygen atoms in total. The number of nitrogens with zero attached hydrogens (tertiary/aromatic N) is 4. The molecule has 0 fully saturated rings. The molecule has 1 N–H and O–H groups in total. The molecule has 0 radical (unpaired) electrons. The van der Waals surface area contributed by atoms with Crippen LogP contribution in [0.4, 0.5) is 0 Å². The van der Waals surface area contributed by atoms with Gasteiger partial charge in [0.1, 0.15) is 0 Å². The van der Waals surface area contributed by atoms with Crippen molar-refractivity contribution < 1.29 is 14.6 Å². The van der Waals surface area contributed by atoms with Crippen LogP contribution >= 0.6 is 11.3 Å². The topological polar surface area (TPSA) is 98.7 Å². The maximum atomic E-state index is 12.2. The Morgan fingerprint density at radius 2 is 2.17 bits per heavy atom.